The van der Waals surface area contributed by atoms with Gasteiger partial charge in [0, 0.05) is 21.5 Å². The lowest BCUT2D eigenvalue weighted by atomic mass is 9.77. The van der Waals surface area contributed by atoms with E-state index in [2.05, 4.69) is 117 Å². The van der Waals surface area contributed by atoms with Crippen molar-refractivity contribution >= 4 is 72.2 Å². The molecule has 0 atom stereocenters. The molecule has 0 saturated carbocycles. The quantitative estimate of drug-likeness (QED) is 0.234. The summed E-state index contributed by atoms with van der Waals surface area (Å²) in [5, 5.41) is 10.1. The Labute approximate surface area is 209 Å². The highest BCUT2D eigenvalue weighted by atomic mass is 16.7. The molecule has 1 saturated heterocycles. The first-order chi connectivity index (χ1) is 17.3. The molecule has 8 rings (SSSR count). The van der Waals surface area contributed by atoms with E-state index in [1.807, 2.05) is 0 Å². The van der Waals surface area contributed by atoms with Gasteiger partial charge in [-0.25, -0.2) is 0 Å². The topological polar surface area (TPSA) is 22.9 Å². The van der Waals surface area contributed by atoms with Crippen molar-refractivity contribution in [2.45, 2.75) is 38.9 Å². The Kier molecular flexibility index (Phi) is 3.76. The molecule has 0 radical (unpaired) electrons. The minimum atomic E-state index is -0.404. The van der Waals surface area contributed by atoms with Gasteiger partial charge in [0.05, 0.1) is 27.8 Å². The molecule has 36 heavy (non-hydrogen) atoms. The van der Waals surface area contributed by atoms with Gasteiger partial charge in [-0.3, -0.25) is 0 Å². The predicted molar refractivity (Wildman–Crippen MR) is 152 cm³/mol. The third kappa shape index (κ3) is 2.56. The van der Waals surface area contributed by atoms with Gasteiger partial charge in [-0.05, 0) is 79.0 Å². The van der Waals surface area contributed by atoms with Crippen LogP contribution in [0.3, 0.4) is 0 Å². The van der Waals surface area contributed by atoms with Crippen molar-refractivity contribution in [1.82, 2.24) is 4.40 Å². The van der Waals surface area contributed by atoms with Gasteiger partial charge in [-0.1, -0.05) is 60.7 Å². The van der Waals surface area contributed by atoms with Gasteiger partial charge in [0.2, 0.25) is 0 Å². The van der Waals surface area contributed by atoms with Crippen LogP contribution in [0, 0.1) is 0 Å². The van der Waals surface area contributed by atoms with Gasteiger partial charge >= 0.3 is 7.12 Å². The summed E-state index contributed by atoms with van der Waals surface area (Å²) in [6.45, 7) is 8.46. The second kappa shape index (κ2) is 6.58. The Morgan fingerprint density at radius 2 is 0.972 bits per heavy atom. The Morgan fingerprint density at radius 1 is 0.556 bits per heavy atom. The summed E-state index contributed by atoms with van der Waals surface area (Å²) >= 11 is 0. The second-order valence-electron chi connectivity index (χ2n) is 11.3. The molecular weight excluding hydrogens is 441 g/mol. The summed E-state index contributed by atoms with van der Waals surface area (Å²) in [5.41, 5.74) is 4.06. The first-order valence-corrected chi connectivity index (χ1v) is 12.7. The van der Waals surface area contributed by atoms with Gasteiger partial charge < -0.3 is 13.7 Å². The number of hydrogen-bond donors (Lipinski definition) is 0. The molecule has 7 aromatic rings. The van der Waals surface area contributed by atoms with Crippen molar-refractivity contribution < 1.29 is 9.31 Å². The third-order valence-corrected chi connectivity index (χ3v) is 8.67. The summed E-state index contributed by atoms with van der Waals surface area (Å²) in [5.74, 6) is 0. The second-order valence-corrected chi connectivity index (χ2v) is 11.3. The fourth-order valence-corrected chi connectivity index (χ4v) is 6.05. The highest BCUT2D eigenvalue weighted by molar-refractivity contribution is 6.63. The van der Waals surface area contributed by atoms with Gasteiger partial charge in [0.15, 0.2) is 0 Å². The average Bonchev–Trinajstić information content (AvgIpc) is 3.43. The van der Waals surface area contributed by atoms with Gasteiger partial charge in [0.1, 0.15) is 0 Å². The van der Waals surface area contributed by atoms with Crippen molar-refractivity contribution in [3.63, 3.8) is 0 Å². The molecule has 0 spiro atoms. The Balaban J connectivity index is 1.54. The van der Waals surface area contributed by atoms with Crippen LogP contribution < -0.4 is 5.46 Å². The molecule has 1 aliphatic rings. The molecule has 0 bridgehead atoms. The summed E-state index contributed by atoms with van der Waals surface area (Å²) < 4.78 is 15.5. The van der Waals surface area contributed by atoms with E-state index in [0.29, 0.717) is 0 Å². The fourth-order valence-electron chi connectivity index (χ4n) is 6.05. The van der Waals surface area contributed by atoms with Gasteiger partial charge in [0.25, 0.3) is 0 Å². The molecule has 3 heterocycles. The lowest BCUT2D eigenvalue weighted by molar-refractivity contribution is 0.00578. The zero-order chi connectivity index (χ0) is 24.4. The number of benzene rings is 5. The average molecular weight is 467 g/mol. The van der Waals surface area contributed by atoms with Crippen LogP contribution in [0.1, 0.15) is 27.7 Å². The van der Waals surface area contributed by atoms with Crippen molar-refractivity contribution in [3.8, 4) is 0 Å². The van der Waals surface area contributed by atoms with E-state index in [1.54, 1.807) is 0 Å². The largest absolute Gasteiger partial charge is 0.494 e. The summed E-state index contributed by atoms with van der Waals surface area (Å²) in [4.78, 5) is 0. The fraction of sp³-hybridized carbons (Fsp3) is 0.188. The maximum Gasteiger partial charge on any atom is 0.494 e. The normalized spacial score (nSPS) is 17.6. The van der Waals surface area contributed by atoms with Crippen LogP contribution in [0.2, 0.25) is 0 Å². The number of fused-ring (bicyclic) bond motifs is 8. The molecular formula is C32H26BNO2. The van der Waals surface area contributed by atoms with E-state index in [0.717, 1.165) is 5.46 Å². The molecule has 4 heteroatoms. The number of hydrogen-bond acceptors (Lipinski definition) is 2. The zero-order valence-corrected chi connectivity index (χ0v) is 20.9. The van der Waals surface area contributed by atoms with Crippen LogP contribution in [-0.4, -0.2) is 22.7 Å². The van der Waals surface area contributed by atoms with Crippen LogP contribution in [0.15, 0.2) is 84.9 Å². The van der Waals surface area contributed by atoms with Gasteiger partial charge in [-0.15, -0.1) is 0 Å². The first-order valence-electron chi connectivity index (χ1n) is 12.7. The van der Waals surface area contributed by atoms with E-state index in [4.69, 9.17) is 9.31 Å². The molecule has 1 fully saturated rings. The van der Waals surface area contributed by atoms with Crippen molar-refractivity contribution in [3.05, 3.63) is 84.9 Å². The van der Waals surface area contributed by atoms with E-state index in [1.165, 1.54) is 59.6 Å². The molecule has 0 unspecified atom stereocenters. The molecule has 2 aromatic heterocycles. The first kappa shape index (κ1) is 20.6. The summed E-state index contributed by atoms with van der Waals surface area (Å²) in [6.07, 6.45) is 0. The van der Waals surface area contributed by atoms with Crippen LogP contribution in [0.5, 0.6) is 0 Å². The standard InChI is InChI=1S/C32H26BNO2/c1-31(2)32(3,4)36-33(35-31)23-17-26-24-13-19-9-5-7-11-21(19)15-28(24)34-29-16-22-12-8-6-10-20(22)14-25(29)27(18-23)30(26)34/h5-18H,1-4H3. The van der Waals surface area contributed by atoms with Crippen LogP contribution in [0.4, 0.5) is 0 Å². The maximum atomic E-state index is 6.50. The lowest BCUT2D eigenvalue weighted by Crippen LogP contribution is -2.41. The predicted octanol–water partition coefficient (Wildman–Crippen LogP) is 7.44. The smallest absolute Gasteiger partial charge is 0.399 e. The third-order valence-electron chi connectivity index (χ3n) is 8.67. The summed E-state index contributed by atoms with van der Waals surface area (Å²) in [7, 11) is -0.404. The minimum Gasteiger partial charge on any atom is -0.399 e. The number of rotatable bonds is 1. The number of aromatic nitrogens is 1. The molecule has 0 amide bonds. The Bertz CT molecular complexity index is 1880. The Hall–Kier alpha value is -3.60. The SMILES string of the molecule is CC1(C)OB(c2cc3c4cc5ccccc5cc4n4c5cc6ccccc6cc5c(c2)c34)OC1(C)C. The molecule has 1 aliphatic heterocycles. The lowest BCUT2D eigenvalue weighted by Gasteiger charge is -2.32. The van der Waals surface area contributed by atoms with Crippen LogP contribution in [0.25, 0.3) is 59.6 Å². The van der Waals surface area contributed by atoms with Crippen LogP contribution >= 0.6 is 0 Å². The van der Waals surface area contributed by atoms with E-state index in [-0.39, 0.29) is 11.2 Å². The molecule has 5 aromatic carbocycles. The molecule has 0 N–H and O–H groups in total. The zero-order valence-electron chi connectivity index (χ0n) is 20.9. The molecule has 0 aliphatic carbocycles. The maximum absolute atomic E-state index is 6.50. The molecule has 3 nitrogen and oxygen atoms in total. The van der Waals surface area contributed by atoms with Crippen molar-refractivity contribution in [2.24, 2.45) is 0 Å². The van der Waals surface area contributed by atoms with E-state index >= 15 is 0 Å². The van der Waals surface area contributed by atoms with Crippen molar-refractivity contribution in [2.75, 3.05) is 0 Å². The van der Waals surface area contributed by atoms with Crippen molar-refractivity contribution in [1.29, 1.82) is 0 Å². The van der Waals surface area contributed by atoms with E-state index in [9.17, 15) is 0 Å². The molecule has 174 valence electrons. The van der Waals surface area contributed by atoms with E-state index < -0.39 is 7.12 Å². The van der Waals surface area contributed by atoms with Crippen LogP contribution in [-0.2, 0) is 9.31 Å². The highest BCUT2D eigenvalue weighted by Gasteiger charge is 2.51. The Morgan fingerprint density at radius 3 is 1.42 bits per heavy atom. The summed E-state index contributed by atoms with van der Waals surface area (Å²) in [6, 6.07) is 31.2. The van der Waals surface area contributed by atoms with Gasteiger partial charge in [-0.2, -0.15) is 0 Å². The number of nitrogens with zero attached hydrogens (tertiary/aromatic N) is 1. The monoisotopic (exact) mass is 467 g/mol. The minimum absolute atomic E-state index is 0.384. The highest BCUT2D eigenvalue weighted by Crippen LogP contribution is 2.42.